The third-order valence-corrected chi connectivity index (χ3v) is 5.84. The summed E-state index contributed by atoms with van der Waals surface area (Å²) in [6.07, 6.45) is 5.38. The van der Waals surface area contributed by atoms with Gasteiger partial charge in [0, 0.05) is 4.47 Å². The van der Waals surface area contributed by atoms with E-state index in [0.29, 0.717) is 22.6 Å². The van der Waals surface area contributed by atoms with Crippen LogP contribution in [0, 0.1) is 12.3 Å². The lowest BCUT2D eigenvalue weighted by Crippen LogP contribution is -2.58. The highest BCUT2D eigenvalue weighted by atomic mass is 79.9. The minimum Gasteiger partial charge on any atom is -0.506 e. The van der Waals surface area contributed by atoms with Crippen LogP contribution in [0.4, 0.5) is 5.69 Å². The van der Waals surface area contributed by atoms with Gasteiger partial charge in [-0.3, -0.25) is 4.79 Å². The van der Waals surface area contributed by atoms with Gasteiger partial charge in [0.25, 0.3) is 5.91 Å². The Morgan fingerprint density at radius 1 is 1.06 bits per heavy atom. The van der Waals surface area contributed by atoms with Crippen LogP contribution in [0.25, 0.3) is 0 Å². The molecule has 3 aromatic carbocycles. The molecule has 7 nitrogen and oxygen atoms in total. The van der Waals surface area contributed by atoms with Crippen molar-refractivity contribution in [3.05, 3.63) is 88.4 Å². The molecule has 0 saturated carbocycles. The fourth-order valence-corrected chi connectivity index (χ4v) is 3.95. The summed E-state index contributed by atoms with van der Waals surface area (Å²) < 4.78 is 11.4. The molecule has 3 rings (SSSR count). The summed E-state index contributed by atoms with van der Waals surface area (Å²) in [5.41, 5.74) is -0.542. The van der Waals surface area contributed by atoms with Crippen molar-refractivity contribution >= 4 is 33.5 Å². The maximum absolute atomic E-state index is 13.6. The Morgan fingerprint density at radius 3 is 2.38 bits per heavy atom. The molecule has 0 spiro atoms. The first-order valence-corrected chi connectivity index (χ1v) is 11.0. The maximum Gasteiger partial charge on any atom is 0.338 e. The van der Waals surface area contributed by atoms with Crippen LogP contribution in [0.1, 0.15) is 17.2 Å². The van der Waals surface area contributed by atoms with Gasteiger partial charge in [-0.2, -0.15) is 0 Å². The number of para-hydroxylation sites is 2. The van der Waals surface area contributed by atoms with Gasteiger partial charge in [0.05, 0.1) is 25.9 Å². The Labute approximate surface area is 206 Å². The Hall–Kier alpha value is -3.96. The molecule has 3 N–H and O–H groups in total. The lowest BCUT2D eigenvalue weighted by molar-refractivity contribution is -0.152. The molecule has 0 bridgehead atoms. The summed E-state index contributed by atoms with van der Waals surface area (Å²) in [6, 6.07) is 19.4. The third-order valence-electron chi connectivity index (χ3n) is 5.31. The van der Waals surface area contributed by atoms with Crippen LogP contribution in [0.5, 0.6) is 11.5 Å². The minimum atomic E-state index is -1.84. The standard InChI is InChI=1S/C26H23BrN2O5/c1-4-23(31)29-26(25(32)34-3,18-8-7-9-20(16-18)33-2)24(17-12-14-19(27)15-13-17)28-21-10-5-6-11-22(21)30/h1,5-16,24,28,30H,2-3H3,(H,29,31)/t24-,26-/m0/s1. The molecule has 34 heavy (non-hydrogen) atoms. The van der Waals surface area contributed by atoms with E-state index in [2.05, 4.69) is 26.6 Å². The van der Waals surface area contributed by atoms with Gasteiger partial charge in [-0.15, -0.1) is 6.42 Å². The summed E-state index contributed by atoms with van der Waals surface area (Å²) in [5.74, 6) is 0.824. The smallest absolute Gasteiger partial charge is 0.338 e. The number of rotatable bonds is 8. The van der Waals surface area contributed by atoms with Gasteiger partial charge in [-0.1, -0.05) is 52.3 Å². The van der Waals surface area contributed by atoms with E-state index in [1.165, 1.54) is 20.3 Å². The Bertz CT molecular complexity index is 1220. The number of methoxy groups -OCH3 is 2. The van der Waals surface area contributed by atoms with Gasteiger partial charge < -0.3 is 25.2 Å². The SMILES string of the molecule is C#CC(=O)N[C@@](C(=O)OC)(c1cccc(OC)c1)[C@@H](Nc1ccccc1O)c1ccc(Br)cc1. The van der Waals surface area contributed by atoms with Crippen LogP contribution in [0.3, 0.4) is 0 Å². The number of esters is 1. The summed E-state index contributed by atoms with van der Waals surface area (Å²) in [6.45, 7) is 0. The van der Waals surface area contributed by atoms with Gasteiger partial charge >= 0.3 is 5.97 Å². The highest BCUT2D eigenvalue weighted by Crippen LogP contribution is 2.42. The molecule has 2 atom stereocenters. The van der Waals surface area contributed by atoms with Crippen molar-refractivity contribution in [1.29, 1.82) is 0 Å². The molecule has 3 aromatic rings. The molecule has 0 aliphatic heterocycles. The second-order valence-electron chi connectivity index (χ2n) is 7.28. The molecular formula is C26H23BrN2O5. The predicted octanol–water partition coefficient (Wildman–Crippen LogP) is 4.13. The monoisotopic (exact) mass is 522 g/mol. The molecule has 8 heteroatoms. The number of benzene rings is 3. The molecule has 0 aromatic heterocycles. The normalized spacial score (nSPS) is 13.0. The summed E-state index contributed by atoms with van der Waals surface area (Å²) in [4.78, 5) is 26.2. The van der Waals surface area contributed by atoms with E-state index in [1.807, 2.05) is 5.92 Å². The molecule has 0 fully saturated rings. The van der Waals surface area contributed by atoms with E-state index in [0.717, 1.165) is 4.47 Å². The number of halogens is 1. The number of terminal acetylenes is 1. The van der Waals surface area contributed by atoms with Gasteiger partial charge in [0.2, 0.25) is 0 Å². The van der Waals surface area contributed by atoms with Gasteiger partial charge in [-0.05, 0) is 53.4 Å². The summed E-state index contributed by atoms with van der Waals surface area (Å²) >= 11 is 3.42. The number of aromatic hydroxyl groups is 1. The topological polar surface area (TPSA) is 96.9 Å². The van der Waals surface area contributed by atoms with Crippen LogP contribution in [-0.4, -0.2) is 31.2 Å². The first-order valence-electron chi connectivity index (χ1n) is 10.2. The van der Waals surface area contributed by atoms with Crippen LogP contribution in [0.15, 0.2) is 77.3 Å². The molecule has 174 valence electrons. The van der Waals surface area contributed by atoms with Gasteiger partial charge in [0.15, 0.2) is 5.54 Å². The highest BCUT2D eigenvalue weighted by molar-refractivity contribution is 9.10. The molecule has 0 heterocycles. The number of nitrogens with one attached hydrogen (secondary N) is 2. The van der Waals surface area contributed by atoms with E-state index in [-0.39, 0.29) is 5.75 Å². The fraction of sp³-hybridized carbons (Fsp3) is 0.154. The van der Waals surface area contributed by atoms with Crippen LogP contribution < -0.4 is 15.4 Å². The minimum absolute atomic E-state index is 0.0442. The zero-order chi connectivity index (χ0) is 24.7. The lowest BCUT2D eigenvalue weighted by Gasteiger charge is -2.40. The van der Waals surface area contributed by atoms with Crippen molar-refractivity contribution in [2.24, 2.45) is 0 Å². The van der Waals surface area contributed by atoms with E-state index in [9.17, 15) is 14.7 Å². The average molecular weight is 523 g/mol. The first-order chi connectivity index (χ1) is 16.3. The molecular weight excluding hydrogens is 500 g/mol. The molecule has 1 amide bonds. The number of anilines is 1. The number of phenolic OH excluding ortho intramolecular Hbond substituents is 1. The molecule has 0 unspecified atom stereocenters. The number of hydrogen-bond acceptors (Lipinski definition) is 6. The van der Waals surface area contributed by atoms with E-state index < -0.39 is 23.5 Å². The van der Waals surface area contributed by atoms with Crippen molar-refractivity contribution in [2.75, 3.05) is 19.5 Å². The quantitative estimate of drug-likeness (QED) is 0.234. The van der Waals surface area contributed by atoms with E-state index >= 15 is 0 Å². The van der Waals surface area contributed by atoms with Crippen molar-refractivity contribution in [1.82, 2.24) is 5.32 Å². The van der Waals surface area contributed by atoms with Gasteiger partial charge in [-0.25, -0.2) is 4.79 Å². The number of hydrogen-bond donors (Lipinski definition) is 3. The molecule has 0 saturated heterocycles. The number of phenols is 1. The fourth-order valence-electron chi connectivity index (χ4n) is 3.69. The second-order valence-corrected chi connectivity index (χ2v) is 8.19. The highest BCUT2D eigenvalue weighted by Gasteiger charge is 2.51. The number of ether oxygens (including phenoxy) is 2. The number of carbonyl (C=O) groups is 2. The van der Waals surface area contributed by atoms with Crippen LogP contribution in [0.2, 0.25) is 0 Å². The molecule has 0 radical (unpaired) electrons. The second kappa shape index (κ2) is 10.8. The lowest BCUT2D eigenvalue weighted by atomic mass is 9.78. The largest absolute Gasteiger partial charge is 0.506 e. The van der Waals surface area contributed by atoms with E-state index in [1.54, 1.807) is 66.7 Å². The van der Waals surface area contributed by atoms with E-state index in [4.69, 9.17) is 15.9 Å². The van der Waals surface area contributed by atoms with Crippen molar-refractivity contribution in [2.45, 2.75) is 11.6 Å². The first kappa shape index (κ1) is 24.7. The van der Waals surface area contributed by atoms with Crippen molar-refractivity contribution < 1.29 is 24.2 Å². The maximum atomic E-state index is 13.6. The van der Waals surface area contributed by atoms with Crippen molar-refractivity contribution in [3.8, 4) is 23.8 Å². The average Bonchev–Trinajstić information content (AvgIpc) is 2.87. The summed E-state index contributed by atoms with van der Waals surface area (Å²) in [5, 5.41) is 16.4. The molecule has 0 aliphatic carbocycles. The third kappa shape index (κ3) is 5.00. The van der Waals surface area contributed by atoms with Crippen molar-refractivity contribution in [3.63, 3.8) is 0 Å². The zero-order valence-electron chi connectivity index (χ0n) is 18.5. The zero-order valence-corrected chi connectivity index (χ0v) is 20.1. The Morgan fingerprint density at radius 2 is 1.76 bits per heavy atom. The van der Waals surface area contributed by atoms with Crippen LogP contribution >= 0.6 is 15.9 Å². The molecule has 0 aliphatic rings. The van der Waals surface area contributed by atoms with Crippen LogP contribution in [-0.2, 0) is 19.9 Å². The predicted molar refractivity (Wildman–Crippen MR) is 132 cm³/mol. The number of carbonyl (C=O) groups excluding carboxylic acids is 2. The van der Waals surface area contributed by atoms with Gasteiger partial charge in [0.1, 0.15) is 11.5 Å². The Kier molecular flexibility index (Phi) is 7.82. The number of amides is 1. The summed E-state index contributed by atoms with van der Waals surface area (Å²) in [7, 11) is 2.71. The Balaban J connectivity index is 2.36.